The van der Waals surface area contributed by atoms with Crippen LogP contribution in [0.5, 0.6) is 23.0 Å². The molecule has 0 bridgehead atoms. The van der Waals surface area contributed by atoms with Gasteiger partial charge in [0, 0.05) is 19.1 Å². The summed E-state index contributed by atoms with van der Waals surface area (Å²) in [6, 6.07) is 9.80. The highest BCUT2D eigenvalue weighted by Gasteiger charge is 2.17. The molecule has 0 saturated carbocycles. The fraction of sp³-hybridized carbons (Fsp3) is 0.0556. The van der Waals surface area contributed by atoms with Gasteiger partial charge in [-0.05, 0) is 35.0 Å². The van der Waals surface area contributed by atoms with Crippen LogP contribution in [0.3, 0.4) is 0 Å². The van der Waals surface area contributed by atoms with Gasteiger partial charge in [0.2, 0.25) is 5.52 Å². The van der Waals surface area contributed by atoms with E-state index in [2.05, 4.69) is 0 Å². The Labute approximate surface area is 143 Å². The number of aryl methyl sites for hydroxylation is 1. The largest absolute Gasteiger partial charge is 1.00 e. The highest BCUT2D eigenvalue weighted by molar-refractivity contribution is 5.99. The van der Waals surface area contributed by atoms with E-state index in [1.54, 1.807) is 0 Å². The van der Waals surface area contributed by atoms with E-state index in [0.717, 1.165) is 32.8 Å². The maximum Gasteiger partial charge on any atom is 0.219 e. The second kappa shape index (κ2) is 5.32. The molecule has 0 saturated heterocycles. The van der Waals surface area contributed by atoms with Gasteiger partial charge < -0.3 is 32.8 Å². The Morgan fingerprint density at radius 2 is 1.25 bits per heavy atom. The second-order valence-electron chi connectivity index (χ2n) is 5.66. The van der Waals surface area contributed by atoms with Crippen molar-refractivity contribution in [3.63, 3.8) is 0 Å². The van der Waals surface area contributed by atoms with Crippen LogP contribution in [0, 0.1) is 6.92 Å². The van der Waals surface area contributed by atoms with Gasteiger partial charge >= 0.3 is 0 Å². The van der Waals surface area contributed by atoms with Crippen LogP contribution in [-0.4, -0.2) is 20.4 Å². The maximum atomic E-state index is 9.81. The van der Waals surface area contributed by atoms with E-state index in [-0.39, 0.29) is 35.4 Å². The van der Waals surface area contributed by atoms with E-state index in [0.29, 0.717) is 0 Å². The standard InChI is InChI=1S/C18H13NO4.ClH/c1-9-12-7-17(22)16(21)6-11(12)4-14-13-8-18(23)15(20)5-10(13)2-3-19(9)14;/h2-8H,1H3,(H3,20,21,22,23);1H. The number of phenolic OH excluding ortho intramolecular Hbond substituents is 4. The minimum absolute atomic E-state index is 0. The smallest absolute Gasteiger partial charge is 0.219 e. The summed E-state index contributed by atoms with van der Waals surface area (Å²) in [4.78, 5) is 0. The number of aromatic hydroxyl groups is 4. The third-order valence-electron chi connectivity index (χ3n) is 4.28. The molecule has 0 radical (unpaired) electrons. The van der Waals surface area contributed by atoms with Gasteiger partial charge in [-0.2, -0.15) is 4.40 Å². The van der Waals surface area contributed by atoms with Crippen LogP contribution in [0.1, 0.15) is 5.69 Å². The molecule has 0 atom stereocenters. The number of phenols is 4. The van der Waals surface area contributed by atoms with E-state index in [1.807, 2.05) is 29.7 Å². The van der Waals surface area contributed by atoms with E-state index >= 15 is 0 Å². The predicted molar refractivity (Wildman–Crippen MR) is 86.0 cm³/mol. The van der Waals surface area contributed by atoms with Gasteiger partial charge in [-0.3, -0.25) is 0 Å². The summed E-state index contributed by atoms with van der Waals surface area (Å²) in [5, 5.41) is 42.1. The number of aromatic nitrogens is 1. The van der Waals surface area contributed by atoms with Crippen molar-refractivity contribution in [2.75, 3.05) is 0 Å². The molecule has 4 N–H and O–H groups in total. The number of hydrogen-bond donors (Lipinski definition) is 4. The molecule has 2 heterocycles. The van der Waals surface area contributed by atoms with Gasteiger partial charge in [0.1, 0.15) is 0 Å². The minimum Gasteiger partial charge on any atom is -1.00 e. The molecular formula is C18H14ClNO4. The molecule has 0 aliphatic rings. The van der Waals surface area contributed by atoms with Crippen molar-refractivity contribution in [1.82, 2.24) is 0 Å². The van der Waals surface area contributed by atoms with Crippen molar-refractivity contribution in [2.24, 2.45) is 0 Å². The van der Waals surface area contributed by atoms with Crippen LogP contribution in [0.15, 0.2) is 42.6 Å². The van der Waals surface area contributed by atoms with Crippen molar-refractivity contribution in [1.29, 1.82) is 0 Å². The Bertz CT molecular complexity index is 1120. The minimum atomic E-state index is -0.183. The van der Waals surface area contributed by atoms with E-state index in [1.165, 1.54) is 24.3 Å². The first kappa shape index (κ1) is 16.0. The van der Waals surface area contributed by atoms with Crippen LogP contribution in [0.4, 0.5) is 0 Å². The highest BCUT2D eigenvalue weighted by atomic mass is 35.5. The van der Waals surface area contributed by atoms with Crippen LogP contribution < -0.4 is 16.8 Å². The summed E-state index contributed by atoms with van der Waals surface area (Å²) in [6.07, 6.45) is 1.87. The quantitative estimate of drug-likeness (QED) is 0.155. The zero-order valence-electron chi connectivity index (χ0n) is 12.7. The summed E-state index contributed by atoms with van der Waals surface area (Å²) in [6.45, 7) is 1.91. The van der Waals surface area contributed by atoms with Gasteiger partial charge in [-0.25, -0.2) is 0 Å². The molecule has 2 aromatic heterocycles. The molecule has 0 unspecified atom stereocenters. The summed E-state index contributed by atoms with van der Waals surface area (Å²) in [5.74, 6) is -0.690. The number of hydrogen-bond acceptors (Lipinski definition) is 4. The Morgan fingerprint density at radius 1 is 0.708 bits per heavy atom. The Morgan fingerprint density at radius 3 is 1.92 bits per heavy atom. The van der Waals surface area contributed by atoms with Crippen LogP contribution >= 0.6 is 0 Å². The van der Waals surface area contributed by atoms with Crippen molar-refractivity contribution >= 4 is 27.1 Å². The Balaban J connectivity index is 0.00000169. The van der Waals surface area contributed by atoms with Crippen LogP contribution in [0.2, 0.25) is 0 Å². The zero-order valence-corrected chi connectivity index (χ0v) is 13.4. The predicted octanol–water partition coefficient (Wildman–Crippen LogP) is -0.133. The fourth-order valence-electron chi connectivity index (χ4n) is 3.06. The lowest BCUT2D eigenvalue weighted by Crippen LogP contribution is -3.00. The molecule has 24 heavy (non-hydrogen) atoms. The summed E-state index contributed by atoms with van der Waals surface area (Å²) >= 11 is 0. The number of nitrogens with zero attached hydrogens (tertiary/aromatic N) is 1. The molecule has 0 aliphatic carbocycles. The van der Waals surface area contributed by atoms with Crippen molar-refractivity contribution in [2.45, 2.75) is 6.92 Å². The van der Waals surface area contributed by atoms with Gasteiger partial charge in [0.15, 0.2) is 34.9 Å². The number of halogens is 1. The van der Waals surface area contributed by atoms with E-state index in [4.69, 9.17) is 0 Å². The van der Waals surface area contributed by atoms with Crippen molar-refractivity contribution < 1.29 is 37.2 Å². The number of benzene rings is 2. The lowest BCUT2D eigenvalue weighted by atomic mass is 10.0. The molecule has 0 aliphatic heterocycles. The van der Waals surface area contributed by atoms with Crippen LogP contribution in [0.25, 0.3) is 27.1 Å². The van der Waals surface area contributed by atoms with Crippen LogP contribution in [-0.2, 0) is 0 Å². The lowest BCUT2D eigenvalue weighted by Gasteiger charge is -2.07. The Kier molecular flexibility index (Phi) is 3.53. The summed E-state index contributed by atoms with van der Waals surface area (Å²) < 4.78 is 1.94. The number of pyridine rings is 2. The molecule has 6 heteroatoms. The second-order valence-corrected chi connectivity index (χ2v) is 5.66. The fourth-order valence-corrected chi connectivity index (χ4v) is 3.06. The van der Waals surface area contributed by atoms with E-state index in [9.17, 15) is 20.4 Å². The summed E-state index contributed by atoms with van der Waals surface area (Å²) in [7, 11) is 0. The van der Waals surface area contributed by atoms with Gasteiger partial charge in [-0.15, -0.1) is 0 Å². The average Bonchev–Trinajstić information content (AvgIpc) is 2.51. The number of rotatable bonds is 0. The Hall–Kier alpha value is -2.92. The first-order chi connectivity index (χ1) is 11.0. The molecule has 122 valence electrons. The topological polar surface area (TPSA) is 85.0 Å². The first-order valence-corrected chi connectivity index (χ1v) is 7.11. The maximum absolute atomic E-state index is 9.81. The monoisotopic (exact) mass is 343 g/mol. The highest BCUT2D eigenvalue weighted by Crippen LogP contribution is 2.34. The van der Waals surface area contributed by atoms with Gasteiger partial charge in [0.25, 0.3) is 0 Å². The van der Waals surface area contributed by atoms with Crippen molar-refractivity contribution in [3.8, 4) is 23.0 Å². The van der Waals surface area contributed by atoms with Gasteiger partial charge in [-0.1, -0.05) is 0 Å². The van der Waals surface area contributed by atoms with Crippen molar-refractivity contribution in [3.05, 3.63) is 48.3 Å². The third kappa shape index (κ3) is 2.13. The molecule has 2 aromatic carbocycles. The third-order valence-corrected chi connectivity index (χ3v) is 4.28. The van der Waals surface area contributed by atoms with Gasteiger partial charge in [0.05, 0.1) is 10.8 Å². The molecule has 4 rings (SSSR count). The first-order valence-electron chi connectivity index (χ1n) is 7.11. The zero-order chi connectivity index (χ0) is 16.3. The molecule has 0 amide bonds. The molecule has 4 aromatic rings. The molecular weight excluding hydrogens is 330 g/mol. The lowest BCUT2D eigenvalue weighted by molar-refractivity contribution is -0.516. The SMILES string of the molecule is Cc1c2cc(O)c(O)cc2cc2c3cc(O)c(O)cc3cc[n+]12.[Cl-]. The molecule has 5 nitrogen and oxygen atoms in total. The average molecular weight is 344 g/mol. The molecule has 0 fully saturated rings. The molecule has 0 spiro atoms. The number of fused-ring (bicyclic) bond motifs is 4. The summed E-state index contributed by atoms with van der Waals surface area (Å²) in [5.41, 5.74) is 1.72. The normalized spacial score (nSPS) is 11.0. The van der Waals surface area contributed by atoms with E-state index < -0.39 is 0 Å².